The Labute approximate surface area is 70.1 Å². The van der Waals surface area contributed by atoms with Gasteiger partial charge >= 0.3 is 0 Å². The zero-order valence-corrected chi connectivity index (χ0v) is 6.28. The molecule has 58 valence electrons. The summed E-state index contributed by atoms with van der Waals surface area (Å²) < 4.78 is 0. The zero-order chi connectivity index (χ0) is 8.97. The summed E-state index contributed by atoms with van der Waals surface area (Å²) in [5.41, 5.74) is 1.34. The molecule has 0 heterocycles. The summed E-state index contributed by atoms with van der Waals surface area (Å²) in [6.07, 6.45) is 0. The molecule has 0 saturated heterocycles. The highest BCUT2D eigenvalue weighted by Crippen LogP contribution is 2.10. The van der Waals surface area contributed by atoms with Crippen molar-refractivity contribution in [3.8, 4) is 12.1 Å². The third kappa shape index (κ3) is 1.42. The van der Waals surface area contributed by atoms with Crippen LogP contribution in [-0.2, 0) is 6.61 Å². The van der Waals surface area contributed by atoms with Crippen LogP contribution in [0.4, 0.5) is 0 Å². The molecular weight excluding hydrogens is 152 g/mol. The van der Waals surface area contributed by atoms with Crippen molar-refractivity contribution in [2.24, 2.45) is 0 Å². The summed E-state index contributed by atoms with van der Waals surface area (Å²) in [6, 6.07) is 8.45. The van der Waals surface area contributed by atoms with Crippen LogP contribution >= 0.6 is 0 Å². The largest absolute Gasteiger partial charge is 0.392 e. The molecule has 1 N–H and O–H groups in total. The van der Waals surface area contributed by atoms with Gasteiger partial charge in [-0.15, -0.1) is 0 Å². The van der Waals surface area contributed by atoms with E-state index in [9.17, 15) is 0 Å². The second-order valence-corrected chi connectivity index (χ2v) is 2.25. The lowest BCUT2D eigenvalue weighted by molar-refractivity contribution is 0.281. The third-order valence-corrected chi connectivity index (χ3v) is 1.53. The first-order valence-electron chi connectivity index (χ1n) is 3.36. The number of aliphatic hydroxyl groups is 1. The lowest BCUT2D eigenvalue weighted by atomic mass is 10.1. The third-order valence-electron chi connectivity index (χ3n) is 1.53. The number of hydrogen-bond acceptors (Lipinski definition) is 3. The Hall–Kier alpha value is -1.84. The van der Waals surface area contributed by atoms with E-state index in [1.807, 2.05) is 12.1 Å². The lowest BCUT2D eigenvalue weighted by Gasteiger charge is -1.98. The van der Waals surface area contributed by atoms with Crippen molar-refractivity contribution >= 4 is 0 Å². The van der Waals surface area contributed by atoms with Crippen molar-refractivity contribution < 1.29 is 5.11 Å². The molecule has 0 atom stereocenters. The van der Waals surface area contributed by atoms with Gasteiger partial charge in [0, 0.05) is 0 Å². The Kier molecular flexibility index (Phi) is 2.42. The minimum Gasteiger partial charge on any atom is -0.392 e. The van der Waals surface area contributed by atoms with Gasteiger partial charge < -0.3 is 5.11 Å². The number of rotatable bonds is 1. The minimum absolute atomic E-state index is 0.172. The topological polar surface area (TPSA) is 67.8 Å². The molecule has 0 aliphatic rings. The highest BCUT2D eigenvalue weighted by Gasteiger charge is 2.00. The smallest absolute Gasteiger partial charge is 0.0995 e. The molecule has 1 rings (SSSR count). The quantitative estimate of drug-likeness (QED) is 0.660. The van der Waals surface area contributed by atoms with E-state index in [1.54, 1.807) is 12.1 Å². The maximum Gasteiger partial charge on any atom is 0.0995 e. The van der Waals surface area contributed by atoms with Crippen LogP contribution in [0.5, 0.6) is 0 Å². The molecule has 0 aromatic heterocycles. The number of benzene rings is 1. The first-order chi connectivity index (χ1) is 5.81. The summed E-state index contributed by atoms with van der Waals surface area (Å²) in [6.45, 7) is -0.172. The van der Waals surface area contributed by atoms with Gasteiger partial charge in [0.05, 0.1) is 29.9 Å². The molecule has 1 aromatic rings. The lowest BCUT2D eigenvalue weighted by Crippen LogP contribution is -1.89. The Morgan fingerprint density at radius 3 is 2.50 bits per heavy atom. The zero-order valence-electron chi connectivity index (χ0n) is 6.28. The van der Waals surface area contributed by atoms with Gasteiger partial charge in [-0.2, -0.15) is 10.5 Å². The van der Waals surface area contributed by atoms with E-state index in [0.29, 0.717) is 16.7 Å². The standard InChI is InChI=1S/C9H6N2O/c10-4-7-1-2-8(6-12)9(3-7)5-11/h1-3,12H,6H2. The fraction of sp³-hybridized carbons (Fsp3) is 0.111. The molecule has 0 saturated carbocycles. The summed E-state index contributed by atoms with van der Waals surface area (Å²) in [7, 11) is 0. The fourth-order valence-corrected chi connectivity index (χ4v) is 0.888. The van der Waals surface area contributed by atoms with Crippen LogP contribution in [0.3, 0.4) is 0 Å². The van der Waals surface area contributed by atoms with E-state index >= 15 is 0 Å². The molecule has 3 heteroatoms. The highest BCUT2D eigenvalue weighted by molar-refractivity contribution is 5.44. The van der Waals surface area contributed by atoms with Crippen molar-refractivity contribution in [3.63, 3.8) is 0 Å². The van der Waals surface area contributed by atoms with Gasteiger partial charge in [-0.1, -0.05) is 6.07 Å². The normalized spacial score (nSPS) is 8.58. The highest BCUT2D eigenvalue weighted by atomic mass is 16.3. The molecular formula is C9H6N2O. The van der Waals surface area contributed by atoms with E-state index < -0.39 is 0 Å². The molecule has 0 radical (unpaired) electrons. The Bertz CT molecular complexity index is 371. The van der Waals surface area contributed by atoms with E-state index in [-0.39, 0.29) is 6.61 Å². The summed E-state index contributed by atoms with van der Waals surface area (Å²) in [5, 5.41) is 25.9. The van der Waals surface area contributed by atoms with Crippen molar-refractivity contribution in [2.75, 3.05) is 0 Å². The van der Waals surface area contributed by atoms with Crippen molar-refractivity contribution in [1.29, 1.82) is 10.5 Å². The second-order valence-electron chi connectivity index (χ2n) is 2.25. The Morgan fingerprint density at radius 1 is 1.25 bits per heavy atom. The Balaban J connectivity index is 3.24. The van der Waals surface area contributed by atoms with Gasteiger partial charge in [0.25, 0.3) is 0 Å². The molecule has 0 amide bonds. The molecule has 0 fully saturated rings. The van der Waals surface area contributed by atoms with Crippen LogP contribution in [0.2, 0.25) is 0 Å². The molecule has 1 aromatic carbocycles. The van der Waals surface area contributed by atoms with Crippen LogP contribution in [0.25, 0.3) is 0 Å². The molecule has 0 bridgehead atoms. The van der Waals surface area contributed by atoms with Gasteiger partial charge in [0.1, 0.15) is 0 Å². The average molecular weight is 158 g/mol. The van der Waals surface area contributed by atoms with E-state index in [1.165, 1.54) is 6.07 Å². The van der Waals surface area contributed by atoms with Crippen molar-refractivity contribution in [3.05, 3.63) is 34.9 Å². The van der Waals surface area contributed by atoms with Crippen molar-refractivity contribution in [2.45, 2.75) is 6.61 Å². The second kappa shape index (κ2) is 3.52. The van der Waals surface area contributed by atoms with Crippen LogP contribution in [0.1, 0.15) is 16.7 Å². The van der Waals surface area contributed by atoms with E-state index in [2.05, 4.69) is 0 Å². The molecule has 0 aliphatic heterocycles. The number of nitriles is 2. The number of nitrogens with zero attached hydrogens (tertiary/aromatic N) is 2. The van der Waals surface area contributed by atoms with Gasteiger partial charge in [-0.25, -0.2) is 0 Å². The predicted molar refractivity (Wildman–Crippen MR) is 41.8 cm³/mol. The summed E-state index contributed by atoms with van der Waals surface area (Å²) in [5.74, 6) is 0. The van der Waals surface area contributed by atoms with Gasteiger partial charge in [0.15, 0.2) is 0 Å². The van der Waals surface area contributed by atoms with Gasteiger partial charge in [-0.05, 0) is 17.7 Å². The summed E-state index contributed by atoms with van der Waals surface area (Å²) >= 11 is 0. The first kappa shape index (κ1) is 8.26. The molecule has 0 unspecified atom stereocenters. The minimum atomic E-state index is -0.172. The molecule has 3 nitrogen and oxygen atoms in total. The molecule has 12 heavy (non-hydrogen) atoms. The molecule has 0 spiro atoms. The maximum atomic E-state index is 8.78. The van der Waals surface area contributed by atoms with Crippen LogP contribution in [-0.4, -0.2) is 5.11 Å². The summed E-state index contributed by atoms with van der Waals surface area (Å²) in [4.78, 5) is 0. The monoisotopic (exact) mass is 158 g/mol. The van der Waals surface area contributed by atoms with Crippen molar-refractivity contribution in [1.82, 2.24) is 0 Å². The number of hydrogen-bond donors (Lipinski definition) is 1. The predicted octanol–water partition coefficient (Wildman–Crippen LogP) is 0.922. The Morgan fingerprint density at radius 2 is 2.00 bits per heavy atom. The van der Waals surface area contributed by atoms with Crippen LogP contribution in [0.15, 0.2) is 18.2 Å². The van der Waals surface area contributed by atoms with E-state index in [4.69, 9.17) is 15.6 Å². The van der Waals surface area contributed by atoms with Gasteiger partial charge in [-0.3, -0.25) is 0 Å². The first-order valence-corrected chi connectivity index (χ1v) is 3.36. The molecule has 0 aliphatic carbocycles. The van der Waals surface area contributed by atoms with E-state index in [0.717, 1.165) is 0 Å². The van der Waals surface area contributed by atoms with Crippen LogP contribution < -0.4 is 0 Å². The number of aliphatic hydroxyl groups excluding tert-OH is 1. The fourth-order valence-electron chi connectivity index (χ4n) is 0.888. The maximum absolute atomic E-state index is 8.78. The average Bonchev–Trinajstić information content (AvgIpc) is 2.16. The SMILES string of the molecule is N#Cc1ccc(CO)c(C#N)c1. The van der Waals surface area contributed by atoms with Gasteiger partial charge in [0.2, 0.25) is 0 Å². The van der Waals surface area contributed by atoms with Crippen LogP contribution in [0, 0.1) is 22.7 Å².